The molecule has 0 fully saturated rings. The van der Waals surface area contributed by atoms with Gasteiger partial charge in [0.1, 0.15) is 22.7 Å². The molecule has 2 rings (SSSR count). The van der Waals surface area contributed by atoms with Crippen LogP contribution >= 0.6 is 23.2 Å². The number of halogens is 2. The Labute approximate surface area is 211 Å². The molecule has 34 heavy (non-hydrogen) atoms. The lowest BCUT2D eigenvalue weighted by Crippen LogP contribution is -2.27. The van der Waals surface area contributed by atoms with Crippen molar-refractivity contribution in [3.05, 3.63) is 45.4 Å². The predicted octanol–water partition coefficient (Wildman–Crippen LogP) is 6.72. The third-order valence-electron chi connectivity index (χ3n) is 4.39. The molecular formula is C26H32Cl2O6. The lowest BCUT2D eigenvalue weighted by molar-refractivity contribution is -0.158. The van der Waals surface area contributed by atoms with Crippen LogP contribution in [0.15, 0.2) is 24.3 Å². The Bertz CT molecular complexity index is 979. The fourth-order valence-corrected chi connectivity index (χ4v) is 3.64. The average molecular weight is 511 g/mol. The lowest BCUT2D eigenvalue weighted by Gasteiger charge is -2.23. The second kappa shape index (κ2) is 10.9. The Hall–Kier alpha value is -2.44. The molecule has 2 aromatic rings. The molecule has 0 aliphatic heterocycles. The third kappa shape index (κ3) is 7.81. The smallest absolute Gasteiger partial charge is 0.344 e. The topological polar surface area (TPSA) is 71.1 Å². The summed E-state index contributed by atoms with van der Waals surface area (Å²) < 4.78 is 22.4. The molecule has 186 valence electrons. The molecule has 0 aromatic heterocycles. The minimum Gasteiger partial charge on any atom is -0.480 e. The minimum atomic E-state index is -0.647. The summed E-state index contributed by atoms with van der Waals surface area (Å²) in [6.45, 7) is 13.8. The first-order valence-corrected chi connectivity index (χ1v) is 11.6. The maximum Gasteiger partial charge on any atom is 0.344 e. The maximum atomic E-state index is 12.3. The summed E-state index contributed by atoms with van der Waals surface area (Å²) in [6, 6.07) is 7.03. The van der Waals surface area contributed by atoms with Crippen molar-refractivity contribution in [1.29, 1.82) is 0 Å². The first kappa shape index (κ1) is 27.8. The Morgan fingerprint density at radius 1 is 0.676 bits per heavy atom. The summed E-state index contributed by atoms with van der Waals surface area (Å²) in [5, 5.41) is 0.614. The molecule has 0 saturated heterocycles. The van der Waals surface area contributed by atoms with Crippen LogP contribution in [0.2, 0.25) is 10.0 Å². The van der Waals surface area contributed by atoms with Crippen molar-refractivity contribution in [2.75, 3.05) is 13.2 Å². The van der Waals surface area contributed by atoms with Crippen LogP contribution in [0, 0.1) is 13.8 Å². The number of ether oxygens (including phenoxy) is 4. The number of benzene rings is 2. The second-order valence-corrected chi connectivity index (χ2v) is 10.7. The van der Waals surface area contributed by atoms with Gasteiger partial charge in [-0.1, -0.05) is 35.3 Å². The van der Waals surface area contributed by atoms with Gasteiger partial charge >= 0.3 is 11.9 Å². The van der Waals surface area contributed by atoms with Crippen LogP contribution in [-0.4, -0.2) is 36.4 Å². The Balaban J connectivity index is 2.49. The summed E-state index contributed by atoms with van der Waals surface area (Å²) in [6.07, 6.45) is 0. The van der Waals surface area contributed by atoms with Gasteiger partial charge in [-0.2, -0.15) is 0 Å². The van der Waals surface area contributed by atoms with E-state index < -0.39 is 23.1 Å². The number of hydrogen-bond donors (Lipinski definition) is 0. The van der Waals surface area contributed by atoms with Crippen LogP contribution in [0.4, 0.5) is 0 Å². The van der Waals surface area contributed by atoms with Gasteiger partial charge in [0.15, 0.2) is 13.2 Å². The maximum absolute atomic E-state index is 12.3. The normalized spacial score (nSPS) is 11.7. The molecule has 0 saturated carbocycles. The van der Waals surface area contributed by atoms with Crippen molar-refractivity contribution >= 4 is 35.1 Å². The van der Waals surface area contributed by atoms with Gasteiger partial charge in [0.05, 0.1) is 10.0 Å². The molecule has 0 spiro atoms. The highest BCUT2D eigenvalue weighted by atomic mass is 35.5. The fourth-order valence-electron chi connectivity index (χ4n) is 3.22. The second-order valence-electron chi connectivity index (χ2n) is 9.89. The molecule has 2 aromatic carbocycles. The third-order valence-corrected chi connectivity index (χ3v) is 4.99. The van der Waals surface area contributed by atoms with E-state index in [1.165, 1.54) is 0 Å². The van der Waals surface area contributed by atoms with Gasteiger partial charge in [-0.3, -0.25) is 0 Å². The SMILES string of the molecule is Cc1ccc(Cl)c(OCC(=O)OC(C)(C)C)c1-c1c(C)ccc(Cl)c1OCC(=O)OC(C)(C)C. The van der Waals surface area contributed by atoms with Crippen LogP contribution in [0.3, 0.4) is 0 Å². The minimum absolute atomic E-state index is 0.292. The molecule has 0 radical (unpaired) electrons. The molecule has 6 nitrogen and oxygen atoms in total. The zero-order chi connectivity index (χ0) is 25.8. The van der Waals surface area contributed by atoms with Gasteiger partial charge in [-0.05, 0) is 78.6 Å². The van der Waals surface area contributed by atoms with Crippen LogP contribution in [0.5, 0.6) is 11.5 Å². The van der Waals surface area contributed by atoms with Crippen molar-refractivity contribution in [2.24, 2.45) is 0 Å². The molecule has 0 heterocycles. The molecule has 0 amide bonds. The van der Waals surface area contributed by atoms with Crippen LogP contribution in [0.1, 0.15) is 52.7 Å². The number of aryl methyl sites for hydroxylation is 2. The van der Waals surface area contributed by atoms with Crippen molar-refractivity contribution in [1.82, 2.24) is 0 Å². The van der Waals surface area contributed by atoms with Crippen molar-refractivity contribution in [2.45, 2.75) is 66.6 Å². The van der Waals surface area contributed by atoms with Crippen molar-refractivity contribution in [3.8, 4) is 22.6 Å². The van der Waals surface area contributed by atoms with Crippen LogP contribution in [-0.2, 0) is 19.1 Å². The van der Waals surface area contributed by atoms with E-state index >= 15 is 0 Å². The lowest BCUT2D eigenvalue weighted by atomic mass is 9.94. The zero-order valence-corrected chi connectivity index (χ0v) is 22.4. The highest BCUT2D eigenvalue weighted by Crippen LogP contribution is 2.46. The molecule has 8 heteroatoms. The van der Waals surface area contributed by atoms with E-state index in [1.54, 1.807) is 53.7 Å². The number of hydrogen-bond acceptors (Lipinski definition) is 6. The summed E-state index contributed by atoms with van der Waals surface area (Å²) in [7, 11) is 0. The van der Waals surface area contributed by atoms with Gasteiger partial charge in [-0.25, -0.2) is 9.59 Å². The molecule has 0 aliphatic carbocycles. The Kier molecular flexibility index (Phi) is 8.89. The number of carbonyl (C=O) groups is 2. The number of rotatable bonds is 7. The summed E-state index contributed by atoms with van der Waals surface area (Å²) in [4.78, 5) is 24.5. The van der Waals surface area contributed by atoms with E-state index in [1.807, 2.05) is 26.0 Å². The quantitative estimate of drug-likeness (QED) is 0.385. The Morgan fingerprint density at radius 3 is 1.29 bits per heavy atom. The summed E-state index contributed by atoms with van der Waals surface area (Å²) in [5.74, 6) is -0.472. The molecular weight excluding hydrogens is 479 g/mol. The van der Waals surface area contributed by atoms with Crippen LogP contribution in [0.25, 0.3) is 11.1 Å². The molecule has 0 unspecified atom stereocenters. The molecule has 0 N–H and O–H groups in total. The Morgan fingerprint density at radius 2 is 1.00 bits per heavy atom. The monoisotopic (exact) mass is 510 g/mol. The van der Waals surface area contributed by atoms with Gasteiger partial charge in [-0.15, -0.1) is 0 Å². The zero-order valence-electron chi connectivity index (χ0n) is 20.9. The predicted molar refractivity (Wildman–Crippen MR) is 134 cm³/mol. The highest BCUT2D eigenvalue weighted by Gasteiger charge is 2.25. The highest BCUT2D eigenvalue weighted by molar-refractivity contribution is 6.33. The van der Waals surface area contributed by atoms with E-state index in [4.69, 9.17) is 42.1 Å². The molecule has 0 atom stereocenters. The van der Waals surface area contributed by atoms with Crippen molar-refractivity contribution in [3.63, 3.8) is 0 Å². The molecule has 0 bridgehead atoms. The van der Waals surface area contributed by atoms with Gasteiger partial charge in [0.25, 0.3) is 0 Å². The number of carbonyl (C=O) groups excluding carboxylic acids is 2. The summed E-state index contributed by atoms with van der Waals surface area (Å²) in [5.41, 5.74) is 1.55. The van der Waals surface area contributed by atoms with E-state index in [0.717, 1.165) is 11.1 Å². The van der Waals surface area contributed by atoms with E-state index in [2.05, 4.69) is 0 Å². The van der Waals surface area contributed by atoms with E-state index in [-0.39, 0.29) is 13.2 Å². The van der Waals surface area contributed by atoms with E-state index in [9.17, 15) is 9.59 Å². The van der Waals surface area contributed by atoms with Gasteiger partial charge < -0.3 is 18.9 Å². The van der Waals surface area contributed by atoms with Crippen LogP contribution < -0.4 is 9.47 Å². The number of esters is 2. The van der Waals surface area contributed by atoms with Gasteiger partial charge in [0, 0.05) is 11.1 Å². The first-order valence-electron chi connectivity index (χ1n) is 10.9. The average Bonchev–Trinajstić information content (AvgIpc) is 2.67. The largest absolute Gasteiger partial charge is 0.480 e. The van der Waals surface area contributed by atoms with Gasteiger partial charge in [0.2, 0.25) is 0 Å². The molecule has 0 aliphatic rings. The van der Waals surface area contributed by atoms with E-state index in [0.29, 0.717) is 32.7 Å². The first-order chi connectivity index (χ1) is 15.6. The standard InChI is InChI=1S/C26H32Cl2O6/c1-15-9-11-17(27)23(31-13-19(29)33-25(3,4)5)21(15)22-16(2)10-12-18(28)24(22)32-14-20(30)34-26(6,7)8/h9-12H,13-14H2,1-8H3. The summed E-state index contributed by atoms with van der Waals surface area (Å²) >= 11 is 13.0. The fraction of sp³-hybridized carbons (Fsp3) is 0.462. The van der Waals surface area contributed by atoms with Crippen molar-refractivity contribution < 1.29 is 28.5 Å².